The van der Waals surface area contributed by atoms with Gasteiger partial charge in [-0.1, -0.05) is 6.92 Å². The molecule has 2 unspecified atom stereocenters. The number of aliphatic hydroxyl groups excluding tert-OH is 1. The van der Waals surface area contributed by atoms with E-state index in [1.807, 2.05) is 27.7 Å². The molecular formula is C20H36N2O6. The van der Waals surface area contributed by atoms with Crippen LogP contribution in [0.3, 0.4) is 0 Å². The molecule has 1 amide bonds. The van der Waals surface area contributed by atoms with Gasteiger partial charge in [-0.2, -0.15) is 0 Å². The van der Waals surface area contributed by atoms with Gasteiger partial charge in [-0.15, -0.1) is 0 Å². The molecule has 1 rings (SSSR count). The van der Waals surface area contributed by atoms with E-state index in [9.17, 15) is 14.7 Å². The summed E-state index contributed by atoms with van der Waals surface area (Å²) in [6, 6.07) is 0. The fraction of sp³-hybridized carbons (Fsp3) is 0.800. The van der Waals surface area contributed by atoms with Gasteiger partial charge in [-0.05, 0) is 40.5 Å². The zero-order valence-electron chi connectivity index (χ0n) is 18.0. The Balaban J connectivity index is 2.34. The lowest BCUT2D eigenvalue weighted by atomic mass is 9.99. The summed E-state index contributed by atoms with van der Waals surface area (Å²) in [4.78, 5) is 24.9. The van der Waals surface area contributed by atoms with Crippen molar-refractivity contribution in [3.05, 3.63) is 11.8 Å². The molecule has 0 bridgehead atoms. The van der Waals surface area contributed by atoms with Gasteiger partial charge in [0, 0.05) is 31.8 Å². The number of hydrogen-bond donors (Lipinski definition) is 2. The third kappa shape index (κ3) is 8.16. The Morgan fingerprint density at radius 2 is 1.96 bits per heavy atom. The van der Waals surface area contributed by atoms with Gasteiger partial charge in [0.15, 0.2) is 0 Å². The third-order valence-electron chi connectivity index (χ3n) is 5.22. The molecule has 28 heavy (non-hydrogen) atoms. The predicted molar refractivity (Wildman–Crippen MR) is 105 cm³/mol. The normalized spacial score (nSPS) is 19.7. The van der Waals surface area contributed by atoms with Crippen molar-refractivity contribution in [2.75, 3.05) is 26.9 Å². The summed E-state index contributed by atoms with van der Waals surface area (Å²) in [5, 5.41) is 12.2. The van der Waals surface area contributed by atoms with E-state index < -0.39 is 6.35 Å². The Labute approximate surface area is 168 Å². The lowest BCUT2D eigenvalue weighted by Crippen LogP contribution is -2.50. The van der Waals surface area contributed by atoms with Crippen molar-refractivity contribution < 1.29 is 28.9 Å². The monoisotopic (exact) mass is 400 g/mol. The van der Waals surface area contributed by atoms with E-state index in [1.54, 1.807) is 20.2 Å². The highest BCUT2D eigenvalue weighted by Crippen LogP contribution is 2.22. The molecule has 1 aliphatic heterocycles. The lowest BCUT2D eigenvalue weighted by molar-refractivity contribution is -0.147. The second kappa shape index (κ2) is 10.8. The van der Waals surface area contributed by atoms with Gasteiger partial charge in [0.25, 0.3) is 5.91 Å². The molecule has 0 aromatic heterocycles. The number of methoxy groups -OCH3 is 1. The summed E-state index contributed by atoms with van der Waals surface area (Å²) in [5.41, 5.74) is -0.116. The van der Waals surface area contributed by atoms with Gasteiger partial charge in [-0.3, -0.25) is 9.59 Å². The number of ether oxygens (including phenoxy) is 3. The minimum absolute atomic E-state index is 0.114. The molecule has 8 nitrogen and oxygen atoms in total. The summed E-state index contributed by atoms with van der Waals surface area (Å²) in [5.74, 6) is -0.673. The Hall–Kier alpha value is -1.64. The molecule has 0 aliphatic carbocycles. The van der Waals surface area contributed by atoms with Crippen LogP contribution in [0.2, 0.25) is 0 Å². The minimum atomic E-state index is -1.13. The van der Waals surface area contributed by atoms with Gasteiger partial charge in [0.05, 0.1) is 30.8 Å². The summed E-state index contributed by atoms with van der Waals surface area (Å²) >= 11 is 0. The number of hydrogen-bond acceptors (Lipinski definition) is 7. The van der Waals surface area contributed by atoms with Gasteiger partial charge in [0.2, 0.25) is 6.35 Å². The van der Waals surface area contributed by atoms with Crippen LogP contribution < -0.4 is 5.32 Å². The summed E-state index contributed by atoms with van der Waals surface area (Å²) in [6.07, 6.45) is 2.71. The van der Waals surface area contributed by atoms with Gasteiger partial charge in [0.1, 0.15) is 0 Å². The van der Waals surface area contributed by atoms with Crippen molar-refractivity contribution in [1.82, 2.24) is 10.2 Å². The molecule has 1 aliphatic rings. The van der Waals surface area contributed by atoms with Crippen molar-refractivity contribution in [2.24, 2.45) is 0 Å². The van der Waals surface area contributed by atoms with Crippen LogP contribution in [0.25, 0.3) is 0 Å². The van der Waals surface area contributed by atoms with E-state index in [0.29, 0.717) is 18.6 Å². The predicted octanol–water partition coefficient (Wildman–Crippen LogP) is 1.92. The van der Waals surface area contributed by atoms with Crippen LogP contribution in [0, 0.1) is 0 Å². The van der Waals surface area contributed by atoms with Crippen molar-refractivity contribution in [1.29, 1.82) is 0 Å². The van der Waals surface area contributed by atoms with E-state index in [1.165, 1.54) is 4.90 Å². The second-order valence-corrected chi connectivity index (χ2v) is 7.98. The smallest absolute Gasteiger partial charge is 0.307 e. The Morgan fingerprint density at radius 3 is 2.57 bits per heavy atom. The fourth-order valence-corrected chi connectivity index (χ4v) is 2.55. The first-order valence-electron chi connectivity index (χ1n) is 9.80. The highest BCUT2D eigenvalue weighted by Gasteiger charge is 2.26. The van der Waals surface area contributed by atoms with Crippen LogP contribution in [0.1, 0.15) is 60.3 Å². The van der Waals surface area contributed by atoms with E-state index in [0.717, 1.165) is 12.8 Å². The number of aliphatic hydroxyl groups is 1. The first kappa shape index (κ1) is 24.4. The molecule has 0 fully saturated rings. The van der Waals surface area contributed by atoms with Crippen molar-refractivity contribution >= 4 is 11.9 Å². The van der Waals surface area contributed by atoms with Crippen molar-refractivity contribution in [3.63, 3.8) is 0 Å². The maximum atomic E-state index is 12.0. The third-order valence-corrected chi connectivity index (χ3v) is 5.22. The van der Waals surface area contributed by atoms with E-state index in [2.05, 4.69) is 5.32 Å². The molecule has 0 aromatic carbocycles. The average molecular weight is 401 g/mol. The van der Waals surface area contributed by atoms with Gasteiger partial charge < -0.3 is 29.5 Å². The quantitative estimate of drug-likeness (QED) is 0.483. The number of carbonyl (C=O) groups is 2. The molecule has 0 saturated carbocycles. The zero-order chi connectivity index (χ0) is 21.4. The number of nitrogens with zero attached hydrogens (tertiary/aromatic N) is 1. The van der Waals surface area contributed by atoms with E-state index >= 15 is 0 Å². The number of amides is 1. The van der Waals surface area contributed by atoms with Crippen LogP contribution in [-0.4, -0.2) is 66.3 Å². The number of esters is 1. The molecule has 162 valence electrons. The Bertz CT molecular complexity index is 563. The molecule has 1 heterocycles. The van der Waals surface area contributed by atoms with E-state index in [4.69, 9.17) is 14.2 Å². The SMILES string of the molecule is CCC(C)(CCOC(=O)CCN1C=C(C)C(=O)NC1O)OCCC(C)(C)OC. The maximum absolute atomic E-state index is 12.0. The molecule has 0 aromatic rings. The summed E-state index contributed by atoms with van der Waals surface area (Å²) in [7, 11) is 1.69. The van der Waals surface area contributed by atoms with Gasteiger partial charge in [-0.25, -0.2) is 0 Å². The molecule has 0 saturated heterocycles. The van der Waals surface area contributed by atoms with E-state index in [-0.39, 0.29) is 42.7 Å². The Morgan fingerprint density at radius 1 is 1.29 bits per heavy atom. The van der Waals surface area contributed by atoms with Crippen LogP contribution >= 0.6 is 0 Å². The van der Waals surface area contributed by atoms with Crippen LogP contribution in [0.4, 0.5) is 0 Å². The fourth-order valence-electron chi connectivity index (χ4n) is 2.55. The molecule has 8 heteroatoms. The largest absolute Gasteiger partial charge is 0.466 e. The Kier molecular flexibility index (Phi) is 9.39. The lowest BCUT2D eigenvalue weighted by Gasteiger charge is -2.31. The number of rotatable bonds is 12. The maximum Gasteiger partial charge on any atom is 0.307 e. The molecule has 0 spiro atoms. The first-order chi connectivity index (χ1) is 13.0. The molecular weight excluding hydrogens is 364 g/mol. The molecule has 2 atom stereocenters. The average Bonchev–Trinajstić information content (AvgIpc) is 2.63. The highest BCUT2D eigenvalue weighted by atomic mass is 16.5. The topological polar surface area (TPSA) is 97.3 Å². The number of carbonyl (C=O) groups excluding carboxylic acids is 2. The number of nitrogens with one attached hydrogen (secondary N) is 1. The first-order valence-corrected chi connectivity index (χ1v) is 9.80. The highest BCUT2D eigenvalue weighted by molar-refractivity contribution is 5.93. The van der Waals surface area contributed by atoms with Gasteiger partial charge >= 0.3 is 5.97 Å². The zero-order valence-corrected chi connectivity index (χ0v) is 18.0. The van der Waals surface area contributed by atoms with Crippen LogP contribution in [0.5, 0.6) is 0 Å². The van der Waals surface area contributed by atoms with Crippen LogP contribution in [0.15, 0.2) is 11.8 Å². The molecule has 0 radical (unpaired) electrons. The minimum Gasteiger partial charge on any atom is -0.466 e. The summed E-state index contributed by atoms with van der Waals surface area (Å²) < 4.78 is 16.7. The second-order valence-electron chi connectivity index (χ2n) is 7.98. The van der Waals surface area contributed by atoms with Crippen LogP contribution in [-0.2, 0) is 23.8 Å². The standard InChI is InChI=1S/C20H36N2O6/c1-7-20(5,28-13-9-19(3,4)26-6)10-12-27-16(23)8-11-22-14-15(2)17(24)21-18(22)25/h14,18,25H,7-13H2,1-6H3,(H,21,24). The summed E-state index contributed by atoms with van der Waals surface area (Å²) in [6.45, 7) is 10.8. The van der Waals surface area contributed by atoms with Crippen molar-refractivity contribution in [2.45, 2.75) is 77.9 Å². The molecule has 2 N–H and O–H groups in total. The van der Waals surface area contributed by atoms with Crippen molar-refractivity contribution in [3.8, 4) is 0 Å².